The Morgan fingerprint density at radius 1 is 1.42 bits per heavy atom. The molecule has 0 spiro atoms. The van der Waals surface area contributed by atoms with E-state index in [1.807, 2.05) is 18.2 Å². The maximum atomic E-state index is 5.70. The van der Waals surface area contributed by atoms with Gasteiger partial charge in [0.05, 0.1) is 6.61 Å². The summed E-state index contributed by atoms with van der Waals surface area (Å²) >= 11 is 0. The number of nitrogen functional groups attached to an aromatic ring is 1. The van der Waals surface area contributed by atoms with Crippen molar-refractivity contribution in [3.05, 3.63) is 23.8 Å². The van der Waals surface area contributed by atoms with Gasteiger partial charge in [0, 0.05) is 16.7 Å². The zero-order valence-electron chi connectivity index (χ0n) is 7.42. The van der Waals surface area contributed by atoms with Gasteiger partial charge < -0.3 is 10.5 Å². The molecular weight excluding hydrogens is 150 g/mol. The van der Waals surface area contributed by atoms with Gasteiger partial charge in [-0.15, -0.1) is 0 Å². The molecule has 1 aliphatic rings. The third kappa shape index (κ3) is 0.951. The molecule has 0 aliphatic carbocycles. The Morgan fingerprint density at radius 3 is 2.92 bits per heavy atom. The van der Waals surface area contributed by atoms with Crippen LogP contribution in [-0.2, 0) is 5.41 Å². The highest BCUT2D eigenvalue weighted by molar-refractivity contribution is 5.52. The Balaban J connectivity index is 2.57. The van der Waals surface area contributed by atoms with Gasteiger partial charge in [-0.25, -0.2) is 0 Å². The highest BCUT2D eigenvalue weighted by Crippen LogP contribution is 2.38. The van der Waals surface area contributed by atoms with Crippen molar-refractivity contribution in [3.8, 4) is 5.75 Å². The molecule has 0 fully saturated rings. The second-order valence-electron chi connectivity index (χ2n) is 3.93. The molecule has 0 atom stereocenters. The van der Waals surface area contributed by atoms with E-state index in [2.05, 4.69) is 13.8 Å². The van der Waals surface area contributed by atoms with E-state index in [1.54, 1.807) is 0 Å². The normalized spacial score (nSPS) is 18.5. The minimum absolute atomic E-state index is 0.116. The predicted molar refractivity (Wildman–Crippen MR) is 49.4 cm³/mol. The number of anilines is 1. The van der Waals surface area contributed by atoms with Crippen LogP contribution >= 0.6 is 0 Å². The first kappa shape index (κ1) is 7.47. The Kier molecular flexibility index (Phi) is 1.34. The molecule has 0 saturated heterocycles. The van der Waals surface area contributed by atoms with Crippen LogP contribution < -0.4 is 10.5 Å². The molecule has 0 saturated carbocycles. The molecule has 0 amide bonds. The topological polar surface area (TPSA) is 35.2 Å². The van der Waals surface area contributed by atoms with Gasteiger partial charge in [0.2, 0.25) is 0 Å². The number of hydrogen-bond acceptors (Lipinski definition) is 2. The van der Waals surface area contributed by atoms with Gasteiger partial charge in [-0.05, 0) is 18.2 Å². The zero-order chi connectivity index (χ0) is 8.77. The summed E-state index contributed by atoms with van der Waals surface area (Å²) in [6, 6.07) is 5.82. The Hall–Kier alpha value is -1.18. The zero-order valence-corrected chi connectivity index (χ0v) is 7.42. The predicted octanol–water partition coefficient (Wildman–Crippen LogP) is 1.94. The monoisotopic (exact) mass is 163 g/mol. The highest BCUT2D eigenvalue weighted by atomic mass is 16.5. The summed E-state index contributed by atoms with van der Waals surface area (Å²) in [5.74, 6) is 0.981. The second kappa shape index (κ2) is 2.16. The summed E-state index contributed by atoms with van der Waals surface area (Å²) < 4.78 is 5.51. The number of rotatable bonds is 0. The molecule has 2 heteroatoms. The van der Waals surface area contributed by atoms with Crippen molar-refractivity contribution in [1.29, 1.82) is 0 Å². The van der Waals surface area contributed by atoms with Crippen molar-refractivity contribution < 1.29 is 4.74 Å². The molecule has 1 heterocycles. The molecular formula is C10H13NO. The maximum Gasteiger partial charge on any atom is 0.123 e. The molecule has 0 radical (unpaired) electrons. The van der Waals surface area contributed by atoms with Crippen LogP contribution in [0.2, 0.25) is 0 Å². The first-order valence-corrected chi connectivity index (χ1v) is 4.12. The average molecular weight is 163 g/mol. The fourth-order valence-electron chi connectivity index (χ4n) is 1.54. The molecule has 1 aromatic rings. The molecule has 0 aromatic heterocycles. The number of nitrogens with two attached hydrogens (primary N) is 1. The van der Waals surface area contributed by atoms with Gasteiger partial charge in [-0.2, -0.15) is 0 Å². The van der Waals surface area contributed by atoms with Crippen molar-refractivity contribution >= 4 is 5.69 Å². The van der Waals surface area contributed by atoms with E-state index in [0.29, 0.717) is 0 Å². The molecule has 0 bridgehead atoms. The molecule has 1 aromatic carbocycles. The van der Waals surface area contributed by atoms with Crippen LogP contribution in [0.5, 0.6) is 5.75 Å². The van der Waals surface area contributed by atoms with Crippen LogP contribution in [0.15, 0.2) is 18.2 Å². The van der Waals surface area contributed by atoms with Crippen LogP contribution in [0.1, 0.15) is 19.4 Å². The molecule has 0 unspecified atom stereocenters. The first-order valence-electron chi connectivity index (χ1n) is 4.12. The average Bonchev–Trinajstić information content (AvgIpc) is 2.28. The van der Waals surface area contributed by atoms with E-state index in [9.17, 15) is 0 Å². The summed E-state index contributed by atoms with van der Waals surface area (Å²) in [5.41, 5.74) is 7.85. The fourth-order valence-corrected chi connectivity index (χ4v) is 1.54. The lowest BCUT2D eigenvalue weighted by Gasteiger charge is -2.14. The smallest absolute Gasteiger partial charge is 0.123 e. The number of hydrogen-bond donors (Lipinski definition) is 1. The van der Waals surface area contributed by atoms with E-state index in [-0.39, 0.29) is 5.41 Å². The van der Waals surface area contributed by atoms with E-state index in [0.717, 1.165) is 18.0 Å². The van der Waals surface area contributed by atoms with Crippen LogP contribution in [0.3, 0.4) is 0 Å². The quantitative estimate of drug-likeness (QED) is 0.593. The van der Waals surface area contributed by atoms with E-state index in [1.165, 1.54) is 5.56 Å². The number of ether oxygens (including phenoxy) is 1. The lowest BCUT2D eigenvalue weighted by Crippen LogP contribution is -2.18. The standard InChI is InChI=1S/C10H13NO/c1-10(2)6-12-9-4-3-7(11)5-8(9)10/h3-5H,6,11H2,1-2H3. The van der Waals surface area contributed by atoms with E-state index >= 15 is 0 Å². The van der Waals surface area contributed by atoms with Crippen LogP contribution in [0.25, 0.3) is 0 Å². The molecule has 2 nitrogen and oxygen atoms in total. The summed E-state index contributed by atoms with van der Waals surface area (Å²) in [6.07, 6.45) is 0. The maximum absolute atomic E-state index is 5.70. The molecule has 12 heavy (non-hydrogen) atoms. The SMILES string of the molecule is CC1(C)COc2ccc(N)cc21. The Morgan fingerprint density at radius 2 is 2.17 bits per heavy atom. The van der Waals surface area contributed by atoms with Gasteiger partial charge in [0.1, 0.15) is 5.75 Å². The highest BCUT2D eigenvalue weighted by Gasteiger charge is 2.31. The molecule has 64 valence electrons. The first-order chi connectivity index (χ1) is 5.59. The van der Waals surface area contributed by atoms with Crippen molar-refractivity contribution in [2.24, 2.45) is 0 Å². The van der Waals surface area contributed by atoms with Crippen molar-refractivity contribution in [2.75, 3.05) is 12.3 Å². The number of benzene rings is 1. The lowest BCUT2D eigenvalue weighted by atomic mass is 9.87. The largest absolute Gasteiger partial charge is 0.492 e. The number of fused-ring (bicyclic) bond motifs is 1. The van der Waals surface area contributed by atoms with Crippen LogP contribution in [0, 0.1) is 0 Å². The van der Waals surface area contributed by atoms with Crippen molar-refractivity contribution in [3.63, 3.8) is 0 Å². The van der Waals surface area contributed by atoms with Gasteiger partial charge >= 0.3 is 0 Å². The molecule has 2 rings (SSSR count). The Bertz CT molecular complexity index is 318. The fraction of sp³-hybridized carbons (Fsp3) is 0.400. The van der Waals surface area contributed by atoms with Gasteiger partial charge in [0.15, 0.2) is 0 Å². The summed E-state index contributed by atoms with van der Waals surface area (Å²) in [6.45, 7) is 5.09. The Labute approximate surface area is 72.3 Å². The summed E-state index contributed by atoms with van der Waals surface area (Å²) in [4.78, 5) is 0. The minimum Gasteiger partial charge on any atom is -0.492 e. The van der Waals surface area contributed by atoms with Crippen LogP contribution in [-0.4, -0.2) is 6.61 Å². The van der Waals surface area contributed by atoms with Gasteiger partial charge in [0.25, 0.3) is 0 Å². The van der Waals surface area contributed by atoms with E-state index in [4.69, 9.17) is 10.5 Å². The van der Waals surface area contributed by atoms with Crippen LogP contribution in [0.4, 0.5) is 5.69 Å². The van der Waals surface area contributed by atoms with Gasteiger partial charge in [-0.3, -0.25) is 0 Å². The van der Waals surface area contributed by atoms with Crippen molar-refractivity contribution in [2.45, 2.75) is 19.3 Å². The minimum atomic E-state index is 0.116. The summed E-state index contributed by atoms with van der Waals surface area (Å²) in [7, 11) is 0. The second-order valence-corrected chi connectivity index (χ2v) is 3.93. The van der Waals surface area contributed by atoms with E-state index < -0.39 is 0 Å². The summed E-state index contributed by atoms with van der Waals surface area (Å²) in [5, 5.41) is 0. The third-order valence-electron chi connectivity index (χ3n) is 2.32. The van der Waals surface area contributed by atoms with Gasteiger partial charge in [-0.1, -0.05) is 13.8 Å². The van der Waals surface area contributed by atoms with Crippen molar-refractivity contribution in [1.82, 2.24) is 0 Å². The molecule has 1 aliphatic heterocycles. The molecule has 2 N–H and O–H groups in total. The third-order valence-corrected chi connectivity index (χ3v) is 2.32. The lowest BCUT2D eigenvalue weighted by molar-refractivity contribution is 0.291.